The van der Waals surface area contributed by atoms with Crippen molar-refractivity contribution in [1.29, 1.82) is 0 Å². The second-order valence-electron chi connectivity index (χ2n) is 6.28. The summed E-state index contributed by atoms with van der Waals surface area (Å²) in [5.74, 6) is -0.259. The van der Waals surface area contributed by atoms with E-state index in [9.17, 15) is 9.59 Å². The number of rotatable bonds is 4. The van der Waals surface area contributed by atoms with Crippen molar-refractivity contribution >= 4 is 40.0 Å². The van der Waals surface area contributed by atoms with Crippen molar-refractivity contribution in [3.8, 4) is 0 Å². The minimum absolute atomic E-state index is 0.259. The van der Waals surface area contributed by atoms with Crippen LogP contribution in [-0.2, 0) is 6.54 Å². The normalized spacial score (nSPS) is 10.9. The molecule has 4 N–H and O–H groups in total. The maximum atomic E-state index is 12.4. The summed E-state index contributed by atoms with van der Waals surface area (Å²) in [6, 6.07) is 15.7. The Morgan fingerprint density at radius 2 is 1.93 bits per heavy atom. The van der Waals surface area contributed by atoms with E-state index in [1.807, 2.05) is 0 Å². The van der Waals surface area contributed by atoms with Gasteiger partial charge in [0.05, 0.1) is 28.5 Å². The Labute approximate surface area is 164 Å². The van der Waals surface area contributed by atoms with E-state index in [-0.39, 0.29) is 11.6 Å². The van der Waals surface area contributed by atoms with Crippen LogP contribution < -0.4 is 16.7 Å². The van der Waals surface area contributed by atoms with Crippen LogP contribution in [0.5, 0.6) is 0 Å². The summed E-state index contributed by atoms with van der Waals surface area (Å²) >= 11 is 5.92. The van der Waals surface area contributed by atoms with Crippen molar-refractivity contribution in [3.05, 3.63) is 87.4 Å². The molecular formula is C20H16ClN5O2. The molecule has 2 heterocycles. The van der Waals surface area contributed by atoms with Crippen LogP contribution in [0.2, 0.25) is 5.02 Å². The van der Waals surface area contributed by atoms with Crippen molar-refractivity contribution in [3.63, 3.8) is 0 Å². The second-order valence-corrected chi connectivity index (χ2v) is 6.72. The van der Waals surface area contributed by atoms with E-state index >= 15 is 0 Å². The average Bonchev–Trinajstić information content (AvgIpc) is 2.98. The average molecular weight is 394 g/mol. The Morgan fingerprint density at radius 1 is 1.18 bits per heavy atom. The molecule has 140 valence electrons. The Balaban J connectivity index is 1.54. The lowest BCUT2D eigenvalue weighted by Crippen LogP contribution is -2.18. The van der Waals surface area contributed by atoms with Crippen LogP contribution in [0.3, 0.4) is 0 Å². The second kappa shape index (κ2) is 7.21. The van der Waals surface area contributed by atoms with Gasteiger partial charge >= 0.3 is 5.69 Å². The zero-order valence-corrected chi connectivity index (χ0v) is 15.4. The summed E-state index contributed by atoms with van der Waals surface area (Å²) in [5.41, 5.74) is 9.09. The summed E-state index contributed by atoms with van der Waals surface area (Å²) in [4.78, 5) is 31.6. The molecule has 8 heteroatoms. The van der Waals surface area contributed by atoms with E-state index in [4.69, 9.17) is 17.3 Å². The molecule has 0 bridgehead atoms. The molecule has 4 aromatic rings. The number of anilines is 2. The molecule has 7 nitrogen and oxygen atoms in total. The van der Waals surface area contributed by atoms with Gasteiger partial charge < -0.3 is 16.0 Å². The summed E-state index contributed by atoms with van der Waals surface area (Å²) < 4.78 is 1.52. The van der Waals surface area contributed by atoms with Gasteiger partial charge in [-0.2, -0.15) is 0 Å². The van der Waals surface area contributed by atoms with E-state index in [1.165, 1.54) is 10.8 Å². The van der Waals surface area contributed by atoms with Crippen molar-refractivity contribution in [2.75, 3.05) is 11.1 Å². The SMILES string of the molecule is Nc1ccccc1NC(=O)c1ccc(Cn2c(=O)[nH]c3cc(Cl)cnc32)cc1. The summed E-state index contributed by atoms with van der Waals surface area (Å²) in [6.07, 6.45) is 1.50. The van der Waals surface area contributed by atoms with E-state index < -0.39 is 0 Å². The highest BCUT2D eigenvalue weighted by Crippen LogP contribution is 2.18. The number of hydrogen-bond donors (Lipinski definition) is 3. The molecular weight excluding hydrogens is 378 g/mol. The van der Waals surface area contributed by atoms with Crippen LogP contribution in [0, 0.1) is 0 Å². The topological polar surface area (TPSA) is 106 Å². The van der Waals surface area contributed by atoms with Gasteiger partial charge in [0.2, 0.25) is 0 Å². The van der Waals surface area contributed by atoms with Gasteiger partial charge in [-0.25, -0.2) is 9.78 Å². The smallest absolute Gasteiger partial charge is 0.327 e. The molecule has 0 saturated carbocycles. The molecule has 0 spiro atoms. The first-order valence-corrected chi connectivity index (χ1v) is 8.88. The Bertz CT molecular complexity index is 1230. The monoisotopic (exact) mass is 393 g/mol. The minimum Gasteiger partial charge on any atom is -0.397 e. The molecule has 0 fully saturated rings. The van der Waals surface area contributed by atoms with Crippen LogP contribution in [0.25, 0.3) is 11.2 Å². The highest BCUT2D eigenvalue weighted by Gasteiger charge is 2.11. The van der Waals surface area contributed by atoms with Gasteiger partial charge in [0.1, 0.15) is 0 Å². The van der Waals surface area contributed by atoms with Gasteiger partial charge in [0.25, 0.3) is 5.91 Å². The molecule has 2 aromatic carbocycles. The van der Waals surface area contributed by atoms with Gasteiger partial charge in [-0.05, 0) is 35.9 Å². The summed E-state index contributed by atoms with van der Waals surface area (Å²) in [7, 11) is 0. The standard InChI is InChI=1S/C20H16ClN5O2/c21-14-9-17-18(23-10-14)26(20(28)25-17)11-12-5-7-13(8-6-12)19(27)24-16-4-2-1-3-15(16)22/h1-10H,11,22H2,(H,24,27)(H,25,28). The van der Waals surface area contributed by atoms with Crippen molar-refractivity contribution < 1.29 is 4.79 Å². The lowest BCUT2D eigenvalue weighted by atomic mass is 10.1. The number of imidazole rings is 1. The fourth-order valence-corrected chi connectivity index (χ4v) is 3.07. The van der Waals surface area contributed by atoms with E-state index in [0.717, 1.165) is 5.56 Å². The third-order valence-corrected chi connectivity index (χ3v) is 4.55. The Hall–Kier alpha value is -3.58. The van der Waals surface area contributed by atoms with Crippen LogP contribution in [-0.4, -0.2) is 20.4 Å². The molecule has 0 atom stereocenters. The number of halogens is 1. The number of aromatic amines is 1. The zero-order chi connectivity index (χ0) is 19.7. The first kappa shape index (κ1) is 17.8. The van der Waals surface area contributed by atoms with Crippen LogP contribution >= 0.6 is 11.6 Å². The lowest BCUT2D eigenvalue weighted by Gasteiger charge is -2.09. The first-order valence-electron chi connectivity index (χ1n) is 8.50. The van der Waals surface area contributed by atoms with Gasteiger partial charge in [0.15, 0.2) is 5.65 Å². The maximum Gasteiger partial charge on any atom is 0.327 e. The number of nitrogen functional groups attached to an aromatic ring is 1. The fourth-order valence-electron chi connectivity index (χ4n) is 2.91. The maximum absolute atomic E-state index is 12.4. The number of nitrogens with zero attached hydrogens (tertiary/aromatic N) is 2. The zero-order valence-electron chi connectivity index (χ0n) is 14.6. The molecule has 0 aliphatic rings. The van der Waals surface area contributed by atoms with Crippen LogP contribution in [0.4, 0.5) is 11.4 Å². The number of carbonyl (C=O) groups excluding carboxylic acids is 1. The predicted octanol–water partition coefficient (Wildman–Crippen LogP) is 3.26. The van der Waals surface area contributed by atoms with E-state index in [2.05, 4.69) is 15.3 Å². The van der Waals surface area contributed by atoms with E-state index in [0.29, 0.717) is 39.7 Å². The largest absolute Gasteiger partial charge is 0.397 e. The Kier molecular flexibility index (Phi) is 4.58. The third-order valence-electron chi connectivity index (χ3n) is 4.34. The molecule has 2 aromatic heterocycles. The number of nitrogens with two attached hydrogens (primary N) is 1. The van der Waals surface area contributed by atoms with Crippen molar-refractivity contribution in [2.24, 2.45) is 0 Å². The first-order chi connectivity index (χ1) is 13.5. The molecule has 0 saturated heterocycles. The molecule has 28 heavy (non-hydrogen) atoms. The number of carbonyl (C=O) groups is 1. The van der Waals surface area contributed by atoms with Gasteiger partial charge in [-0.15, -0.1) is 0 Å². The number of pyridine rings is 1. The van der Waals surface area contributed by atoms with Crippen LogP contribution in [0.1, 0.15) is 15.9 Å². The fraction of sp³-hybridized carbons (Fsp3) is 0.0500. The van der Waals surface area contributed by atoms with Crippen molar-refractivity contribution in [1.82, 2.24) is 14.5 Å². The quantitative estimate of drug-likeness (QED) is 0.462. The highest BCUT2D eigenvalue weighted by atomic mass is 35.5. The number of para-hydroxylation sites is 2. The Morgan fingerprint density at radius 3 is 2.68 bits per heavy atom. The van der Waals surface area contributed by atoms with Gasteiger partial charge in [-0.3, -0.25) is 9.36 Å². The minimum atomic E-state index is -0.272. The number of benzene rings is 2. The van der Waals surface area contributed by atoms with E-state index in [1.54, 1.807) is 54.6 Å². The number of fused-ring (bicyclic) bond motifs is 1. The lowest BCUT2D eigenvalue weighted by molar-refractivity contribution is 0.102. The number of hydrogen-bond acceptors (Lipinski definition) is 4. The number of aromatic nitrogens is 3. The molecule has 4 rings (SSSR count). The third kappa shape index (κ3) is 3.47. The molecule has 0 aliphatic carbocycles. The predicted molar refractivity (Wildman–Crippen MR) is 110 cm³/mol. The van der Waals surface area contributed by atoms with Gasteiger partial charge in [0, 0.05) is 11.8 Å². The molecule has 0 unspecified atom stereocenters. The number of amides is 1. The number of H-pyrrole nitrogens is 1. The van der Waals surface area contributed by atoms with Gasteiger partial charge in [-0.1, -0.05) is 35.9 Å². The highest BCUT2D eigenvalue weighted by molar-refractivity contribution is 6.31. The molecule has 1 amide bonds. The number of nitrogens with one attached hydrogen (secondary N) is 2. The molecule has 0 aliphatic heterocycles. The summed E-state index contributed by atoms with van der Waals surface area (Å²) in [6.45, 7) is 0.320. The summed E-state index contributed by atoms with van der Waals surface area (Å²) in [5, 5.41) is 3.24. The van der Waals surface area contributed by atoms with Crippen LogP contribution in [0.15, 0.2) is 65.6 Å². The van der Waals surface area contributed by atoms with Crippen molar-refractivity contribution in [2.45, 2.75) is 6.54 Å². The molecule has 0 radical (unpaired) electrons.